The molecule has 2 rings (SSSR count). The molecule has 0 amide bonds. The highest BCUT2D eigenvalue weighted by Gasteiger charge is 2.01. The van der Waals surface area contributed by atoms with Gasteiger partial charge in [-0.3, -0.25) is 0 Å². The maximum absolute atomic E-state index is 8.70. The lowest BCUT2D eigenvalue weighted by Crippen LogP contribution is -1.98. The van der Waals surface area contributed by atoms with Crippen LogP contribution in [-0.2, 0) is 6.54 Å². The van der Waals surface area contributed by atoms with E-state index in [0.29, 0.717) is 17.1 Å². The van der Waals surface area contributed by atoms with Gasteiger partial charge in [-0.25, -0.2) is 0 Å². The van der Waals surface area contributed by atoms with E-state index in [9.17, 15) is 0 Å². The maximum atomic E-state index is 8.70. The van der Waals surface area contributed by atoms with Crippen LogP contribution in [-0.4, -0.2) is 4.98 Å². The molecule has 0 atom stereocenters. The van der Waals surface area contributed by atoms with E-state index in [4.69, 9.17) is 16.9 Å². The van der Waals surface area contributed by atoms with Gasteiger partial charge < -0.3 is 10.3 Å². The molecule has 0 saturated heterocycles. The van der Waals surface area contributed by atoms with Crippen molar-refractivity contribution in [2.24, 2.45) is 0 Å². The Labute approximate surface area is 98.7 Å². The quantitative estimate of drug-likeness (QED) is 0.853. The summed E-state index contributed by atoms with van der Waals surface area (Å²) in [5, 5.41) is 12.5. The van der Waals surface area contributed by atoms with Gasteiger partial charge in [-0.05, 0) is 29.8 Å². The molecule has 0 spiro atoms. The number of nitriles is 1. The zero-order valence-corrected chi connectivity index (χ0v) is 9.25. The number of aromatic amines is 1. The molecule has 3 nitrogen and oxygen atoms in total. The first-order valence-corrected chi connectivity index (χ1v) is 5.22. The molecule has 0 fully saturated rings. The smallest absolute Gasteiger partial charge is 0.0992 e. The third-order valence-electron chi connectivity index (χ3n) is 2.24. The van der Waals surface area contributed by atoms with Crippen LogP contribution in [0.4, 0.5) is 5.69 Å². The van der Waals surface area contributed by atoms with E-state index < -0.39 is 0 Å². The Kier molecular flexibility index (Phi) is 3.13. The molecule has 1 heterocycles. The molecule has 16 heavy (non-hydrogen) atoms. The molecule has 0 aliphatic rings. The van der Waals surface area contributed by atoms with Crippen molar-refractivity contribution in [2.75, 3.05) is 5.32 Å². The molecule has 2 N–H and O–H groups in total. The normalized spacial score (nSPS) is 9.75. The van der Waals surface area contributed by atoms with Gasteiger partial charge in [-0.2, -0.15) is 5.26 Å². The first-order valence-electron chi connectivity index (χ1n) is 4.85. The van der Waals surface area contributed by atoms with Crippen LogP contribution < -0.4 is 5.32 Å². The molecule has 0 aliphatic carbocycles. The highest BCUT2D eigenvalue weighted by Crippen LogP contribution is 2.23. The second kappa shape index (κ2) is 4.73. The number of nitrogens with zero attached hydrogens (tertiary/aromatic N) is 1. The summed E-state index contributed by atoms with van der Waals surface area (Å²) in [4.78, 5) is 2.98. The van der Waals surface area contributed by atoms with Gasteiger partial charge in [0.15, 0.2) is 0 Å². The highest BCUT2D eigenvalue weighted by atomic mass is 35.5. The van der Waals surface area contributed by atoms with Crippen LogP contribution in [0, 0.1) is 11.3 Å². The number of anilines is 1. The summed E-state index contributed by atoms with van der Waals surface area (Å²) in [6.07, 6.45) is 3.79. The first-order chi connectivity index (χ1) is 7.79. The van der Waals surface area contributed by atoms with Crippen LogP contribution in [0.15, 0.2) is 36.7 Å². The van der Waals surface area contributed by atoms with Crippen LogP contribution in [0.3, 0.4) is 0 Å². The maximum Gasteiger partial charge on any atom is 0.0992 e. The largest absolute Gasteiger partial charge is 0.380 e. The van der Waals surface area contributed by atoms with Crippen molar-refractivity contribution in [3.63, 3.8) is 0 Å². The molecule has 4 heteroatoms. The first kappa shape index (κ1) is 10.6. The second-order valence-electron chi connectivity index (χ2n) is 3.38. The molecule has 2 aromatic rings. The SMILES string of the molecule is N#Cc1ccc(NCc2cc[nH]c2)c(Cl)c1. The van der Waals surface area contributed by atoms with Crippen LogP contribution in [0.2, 0.25) is 5.02 Å². The van der Waals surface area contributed by atoms with E-state index in [1.807, 2.05) is 30.6 Å². The summed E-state index contributed by atoms with van der Waals surface area (Å²) in [6, 6.07) is 9.25. The molecule has 1 aromatic heterocycles. The monoisotopic (exact) mass is 231 g/mol. The minimum absolute atomic E-state index is 0.564. The lowest BCUT2D eigenvalue weighted by Gasteiger charge is -2.07. The van der Waals surface area contributed by atoms with Crippen LogP contribution in [0.25, 0.3) is 0 Å². The van der Waals surface area contributed by atoms with Gasteiger partial charge in [0.1, 0.15) is 0 Å². The van der Waals surface area contributed by atoms with Gasteiger partial charge >= 0.3 is 0 Å². The number of hydrogen-bond donors (Lipinski definition) is 2. The van der Waals surface area contributed by atoms with Crippen molar-refractivity contribution in [3.05, 3.63) is 52.8 Å². The average Bonchev–Trinajstić information content (AvgIpc) is 2.80. The Bertz CT molecular complexity index is 512. The average molecular weight is 232 g/mol. The van der Waals surface area contributed by atoms with Crippen LogP contribution >= 0.6 is 11.6 Å². The summed E-state index contributed by atoms with van der Waals surface area (Å²) in [5.41, 5.74) is 2.56. The van der Waals surface area contributed by atoms with Crippen molar-refractivity contribution in [2.45, 2.75) is 6.54 Å². The summed E-state index contributed by atoms with van der Waals surface area (Å²) in [6.45, 7) is 0.703. The third kappa shape index (κ3) is 2.36. The molecular formula is C12H10ClN3. The van der Waals surface area contributed by atoms with Crippen molar-refractivity contribution in [3.8, 4) is 6.07 Å². The number of aromatic nitrogens is 1. The van der Waals surface area contributed by atoms with Gasteiger partial charge in [0, 0.05) is 18.9 Å². The Balaban J connectivity index is 2.08. The molecule has 0 unspecified atom stereocenters. The Morgan fingerprint density at radius 2 is 2.25 bits per heavy atom. The minimum atomic E-state index is 0.564. The fraction of sp³-hybridized carbons (Fsp3) is 0.0833. The third-order valence-corrected chi connectivity index (χ3v) is 2.56. The molecule has 0 saturated carbocycles. The lowest BCUT2D eigenvalue weighted by atomic mass is 10.2. The fourth-order valence-corrected chi connectivity index (χ4v) is 1.64. The van der Waals surface area contributed by atoms with E-state index in [-0.39, 0.29) is 0 Å². The molecule has 0 radical (unpaired) electrons. The summed E-state index contributed by atoms with van der Waals surface area (Å²) in [7, 11) is 0. The summed E-state index contributed by atoms with van der Waals surface area (Å²) >= 11 is 6.03. The molecular weight excluding hydrogens is 222 g/mol. The zero-order chi connectivity index (χ0) is 11.4. The van der Waals surface area contributed by atoms with Gasteiger partial charge in [0.05, 0.1) is 22.3 Å². The number of rotatable bonds is 3. The van der Waals surface area contributed by atoms with E-state index in [0.717, 1.165) is 11.3 Å². The number of nitrogens with one attached hydrogen (secondary N) is 2. The fourth-order valence-electron chi connectivity index (χ4n) is 1.39. The zero-order valence-electron chi connectivity index (χ0n) is 8.50. The van der Waals surface area contributed by atoms with Crippen LogP contribution in [0.1, 0.15) is 11.1 Å². The van der Waals surface area contributed by atoms with Crippen molar-refractivity contribution in [1.82, 2.24) is 4.98 Å². The van der Waals surface area contributed by atoms with Gasteiger partial charge in [0.2, 0.25) is 0 Å². The second-order valence-corrected chi connectivity index (χ2v) is 3.79. The van der Waals surface area contributed by atoms with Gasteiger partial charge in [-0.1, -0.05) is 11.6 Å². The highest BCUT2D eigenvalue weighted by molar-refractivity contribution is 6.33. The predicted octanol–water partition coefficient (Wildman–Crippen LogP) is 3.15. The van der Waals surface area contributed by atoms with Crippen molar-refractivity contribution in [1.29, 1.82) is 5.26 Å². The van der Waals surface area contributed by atoms with Crippen LogP contribution in [0.5, 0.6) is 0 Å². The molecule has 80 valence electrons. The Hall–Kier alpha value is -1.92. The summed E-state index contributed by atoms with van der Waals surface area (Å²) < 4.78 is 0. The van der Waals surface area contributed by atoms with Crippen molar-refractivity contribution >= 4 is 17.3 Å². The molecule has 0 bridgehead atoms. The molecule has 1 aromatic carbocycles. The molecule has 0 aliphatic heterocycles. The van der Waals surface area contributed by atoms with E-state index in [2.05, 4.69) is 10.3 Å². The lowest BCUT2D eigenvalue weighted by molar-refractivity contribution is 1.15. The topological polar surface area (TPSA) is 51.6 Å². The van der Waals surface area contributed by atoms with E-state index in [1.165, 1.54) is 0 Å². The number of hydrogen-bond acceptors (Lipinski definition) is 2. The number of H-pyrrole nitrogens is 1. The predicted molar refractivity (Wildman–Crippen MR) is 64.3 cm³/mol. The van der Waals surface area contributed by atoms with E-state index >= 15 is 0 Å². The summed E-state index contributed by atoms with van der Waals surface area (Å²) in [5.74, 6) is 0. The van der Waals surface area contributed by atoms with E-state index in [1.54, 1.807) is 12.1 Å². The number of benzene rings is 1. The van der Waals surface area contributed by atoms with Gasteiger partial charge in [-0.15, -0.1) is 0 Å². The standard InChI is InChI=1S/C12H10ClN3/c13-11-5-9(6-14)1-2-12(11)16-8-10-3-4-15-7-10/h1-5,7,15-16H,8H2. The number of halogens is 1. The Morgan fingerprint density at radius 1 is 1.38 bits per heavy atom. The van der Waals surface area contributed by atoms with Gasteiger partial charge in [0.25, 0.3) is 0 Å². The van der Waals surface area contributed by atoms with Crippen molar-refractivity contribution < 1.29 is 0 Å². The minimum Gasteiger partial charge on any atom is -0.380 e. The Morgan fingerprint density at radius 3 is 2.88 bits per heavy atom.